The number of aliphatic hydroxyl groups excluding tert-OH is 1. The highest BCUT2D eigenvalue weighted by Crippen LogP contribution is 2.31. The number of aryl methyl sites for hydroxylation is 1. The van der Waals surface area contributed by atoms with Gasteiger partial charge in [-0.1, -0.05) is 22.0 Å². The Morgan fingerprint density at radius 2 is 1.86 bits per heavy atom. The van der Waals surface area contributed by atoms with Crippen molar-refractivity contribution in [3.63, 3.8) is 0 Å². The second-order valence-corrected chi connectivity index (χ2v) is 9.69. The number of aromatic nitrogens is 6. The van der Waals surface area contributed by atoms with Crippen molar-refractivity contribution < 1.29 is 9.50 Å². The molecule has 4 aromatic heterocycles. The van der Waals surface area contributed by atoms with Gasteiger partial charge in [0.15, 0.2) is 5.65 Å². The fourth-order valence-electron chi connectivity index (χ4n) is 4.60. The van der Waals surface area contributed by atoms with Crippen LogP contribution in [0.5, 0.6) is 0 Å². The second-order valence-electron chi connectivity index (χ2n) is 8.77. The number of hydrogen-bond donors (Lipinski definition) is 2. The summed E-state index contributed by atoms with van der Waals surface area (Å²) in [7, 11) is 0. The molecule has 8 nitrogen and oxygen atoms in total. The van der Waals surface area contributed by atoms with Gasteiger partial charge >= 0.3 is 0 Å². The Labute approximate surface area is 218 Å². The molecule has 0 aliphatic carbocycles. The fourth-order valence-corrected chi connectivity index (χ4v) is 5.08. The number of aliphatic hydroxyl groups is 1. The number of nitrogens with one attached hydrogen (secondary N) is 1. The van der Waals surface area contributed by atoms with Crippen molar-refractivity contribution in [2.75, 3.05) is 6.61 Å². The topological polar surface area (TPSA) is 101 Å². The van der Waals surface area contributed by atoms with Gasteiger partial charge in [-0.3, -0.25) is 9.89 Å². The van der Waals surface area contributed by atoms with E-state index in [0.29, 0.717) is 15.9 Å². The zero-order valence-corrected chi connectivity index (χ0v) is 21.1. The number of pyridine rings is 2. The van der Waals surface area contributed by atoms with E-state index < -0.39 is 11.9 Å². The molecule has 0 radical (unpaired) electrons. The maximum atomic E-state index is 13.9. The Balaban J connectivity index is 1.39. The molecule has 0 fully saturated rings. The summed E-state index contributed by atoms with van der Waals surface area (Å²) >= 11 is 3.27. The first kappa shape index (κ1) is 23.3. The van der Waals surface area contributed by atoms with Gasteiger partial charge in [-0.2, -0.15) is 10.2 Å². The molecule has 0 aliphatic rings. The quantitative estimate of drug-likeness (QED) is 0.313. The molecule has 2 N–H and O–H groups in total. The van der Waals surface area contributed by atoms with E-state index in [2.05, 4.69) is 36.2 Å². The Hall–Kier alpha value is -4.15. The normalized spacial score (nSPS) is 12.4. The summed E-state index contributed by atoms with van der Waals surface area (Å²) in [5.41, 5.74) is 5.00. The number of benzene rings is 2. The van der Waals surface area contributed by atoms with Gasteiger partial charge in [-0.05, 0) is 72.1 Å². The number of fused-ring (bicyclic) bond motifs is 2. The van der Waals surface area contributed by atoms with Gasteiger partial charge in [0.2, 0.25) is 0 Å². The number of hydrogen-bond acceptors (Lipinski definition) is 5. The van der Waals surface area contributed by atoms with Crippen LogP contribution in [-0.4, -0.2) is 41.1 Å². The van der Waals surface area contributed by atoms with Crippen LogP contribution in [0.3, 0.4) is 0 Å². The third-order valence-electron chi connectivity index (χ3n) is 6.33. The molecular weight excluding hydrogens is 539 g/mol. The van der Waals surface area contributed by atoms with Crippen molar-refractivity contribution in [2.45, 2.75) is 13.0 Å². The number of aromatic amines is 1. The van der Waals surface area contributed by atoms with Gasteiger partial charge in [0.05, 0.1) is 18.2 Å². The molecule has 0 spiro atoms. The van der Waals surface area contributed by atoms with E-state index in [4.69, 9.17) is 0 Å². The fraction of sp³-hybridized carbons (Fsp3) is 0.111. The van der Waals surface area contributed by atoms with E-state index in [-0.39, 0.29) is 12.2 Å². The first-order chi connectivity index (χ1) is 17.9. The smallest absolute Gasteiger partial charge is 0.251 e. The van der Waals surface area contributed by atoms with E-state index in [1.165, 1.54) is 22.8 Å². The Kier molecular flexibility index (Phi) is 5.69. The third kappa shape index (κ3) is 4.24. The van der Waals surface area contributed by atoms with E-state index >= 15 is 0 Å². The molecule has 37 heavy (non-hydrogen) atoms. The average molecular weight is 559 g/mol. The first-order valence-electron chi connectivity index (χ1n) is 11.5. The van der Waals surface area contributed by atoms with Crippen molar-refractivity contribution in [3.8, 4) is 22.4 Å². The van der Waals surface area contributed by atoms with Gasteiger partial charge in [0, 0.05) is 33.9 Å². The van der Waals surface area contributed by atoms with Crippen LogP contribution in [0.4, 0.5) is 4.39 Å². The summed E-state index contributed by atoms with van der Waals surface area (Å²) in [6, 6.07) is 16.6. The Morgan fingerprint density at radius 1 is 1.05 bits per heavy atom. The molecule has 0 saturated carbocycles. The summed E-state index contributed by atoms with van der Waals surface area (Å²) in [4.78, 5) is 17.5. The van der Waals surface area contributed by atoms with E-state index in [0.717, 1.165) is 38.9 Å². The number of halogens is 2. The minimum absolute atomic E-state index is 0.309. The van der Waals surface area contributed by atoms with Crippen LogP contribution < -0.4 is 5.56 Å². The average Bonchev–Trinajstić information content (AvgIpc) is 3.46. The third-order valence-corrected chi connectivity index (χ3v) is 6.79. The largest absolute Gasteiger partial charge is 0.394 e. The van der Waals surface area contributed by atoms with Gasteiger partial charge < -0.3 is 9.67 Å². The van der Waals surface area contributed by atoms with Gasteiger partial charge in [0.25, 0.3) is 5.56 Å². The highest BCUT2D eigenvalue weighted by Gasteiger charge is 2.17. The van der Waals surface area contributed by atoms with Crippen LogP contribution >= 0.6 is 15.9 Å². The van der Waals surface area contributed by atoms with E-state index in [9.17, 15) is 14.3 Å². The predicted octanol–water partition coefficient (Wildman–Crippen LogP) is 4.89. The minimum atomic E-state index is -0.716. The summed E-state index contributed by atoms with van der Waals surface area (Å²) in [5, 5.41) is 22.9. The molecule has 6 aromatic rings. The molecule has 1 atom stereocenters. The molecular formula is C27H20BrFN6O2. The van der Waals surface area contributed by atoms with Crippen LogP contribution in [0.15, 0.2) is 82.3 Å². The van der Waals surface area contributed by atoms with Crippen molar-refractivity contribution >= 4 is 32.5 Å². The van der Waals surface area contributed by atoms with Crippen LogP contribution in [0, 0.1) is 12.7 Å². The van der Waals surface area contributed by atoms with Gasteiger partial charge in [-0.25, -0.2) is 13.9 Å². The summed E-state index contributed by atoms with van der Waals surface area (Å²) in [6.45, 7) is 1.49. The minimum Gasteiger partial charge on any atom is -0.394 e. The predicted molar refractivity (Wildman–Crippen MR) is 142 cm³/mol. The summed E-state index contributed by atoms with van der Waals surface area (Å²) in [5.74, 6) is 0.240. The maximum Gasteiger partial charge on any atom is 0.251 e. The molecule has 2 aromatic carbocycles. The number of rotatable bonds is 5. The second kappa shape index (κ2) is 9.06. The first-order valence-corrected chi connectivity index (χ1v) is 12.3. The Bertz CT molecular complexity index is 1840. The monoisotopic (exact) mass is 558 g/mol. The number of nitrogens with zero attached hydrogens (tertiary/aromatic N) is 5. The van der Waals surface area contributed by atoms with Gasteiger partial charge in [0.1, 0.15) is 17.3 Å². The van der Waals surface area contributed by atoms with Crippen molar-refractivity contribution in [1.29, 1.82) is 0 Å². The number of H-pyrrole nitrogens is 1. The Morgan fingerprint density at radius 3 is 2.65 bits per heavy atom. The van der Waals surface area contributed by atoms with Crippen LogP contribution in [-0.2, 0) is 0 Å². The molecule has 1 unspecified atom stereocenters. The van der Waals surface area contributed by atoms with E-state index in [1.807, 2.05) is 49.5 Å². The molecule has 0 bridgehead atoms. The molecule has 6 rings (SSSR count). The lowest BCUT2D eigenvalue weighted by Crippen LogP contribution is -2.27. The SMILES string of the molecule is Cc1nc2ccc(-c3n[nH]c4ccc(-c5ccn(C(CO)c6cc(F)cc(Br)c6)c(=O)c5)cc34)cn2n1. The van der Waals surface area contributed by atoms with Gasteiger partial charge in [-0.15, -0.1) is 0 Å². The lowest BCUT2D eigenvalue weighted by Gasteiger charge is -2.19. The van der Waals surface area contributed by atoms with Crippen molar-refractivity contribution in [1.82, 2.24) is 29.4 Å². The molecule has 4 heterocycles. The van der Waals surface area contributed by atoms with Crippen LogP contribution in [0.1, 0.15) is 17.4 Å². The molecule has 10 heteroatoms. The summed E-state index contributed by atoms with van der Waals surface area (Å²) in [6.07, 6.45) is 3.51. The molecule has 0 amide bonds. The highest BCUT2D eigenvalue weighted by atomic mass is 79.9. The highest BCUT2D eigenvalue weighted by molar-refractivity contribution is 9.10. The summed E-state index contributed by atoms with van der Waals surface area (Å²) < 4.78 is 17.6. The van der Waals surface area contributed by atoms with E-state index in [1.54, 1.807) is 16.8 Å². The van der Waals surface area contributed by atoms with Crippen LogP contribution in [0.2, 0.25) is 0 Å². The standard InChI is InChI=1S/C27H20BrFN6O2/c1-15-30-25-5-3-18(13-35(25)33-15)27-22-10-16(2-4-23(22)31-32-27)17-6-7-34(26(37)11-17)24(14-36)19-8-20(28)12-21(29)9-19/h2-13,24,36H,14H2,1H3,(H,31,32). The zero-order chi connectivity index (χ0) is 25.7. The molecule has 0 saturated heterocycles. The lowest BCUT2D eigenvalue weighted by molar-refractivity contribution is 0.246. The van der Waals surface area contributed by atoms with Crippen molar-refractivity contribution in [3.05, 3.63) is 105 Å². The molecule has 0 aliphatic heterocycles. The lowest BCUT2D eigenvalue weighted by atomic mass is 10.0. The zero-order valence-electron chi connectivity index (χ0n) is 19.6. The maximum absolute atomic E-state index is 13.9. The molecule has 184 valence electrons. The van der Waals surface area contributed by atoms with Crippen molar-refractivity contribution in [2.24, 2.45) is 0 Å². The van der Waals surface area contributed by atoms with Crippen LogP contribution in [0.25, 0.3) is 38.9 Å².